The van der Waals surface area contributed by atoms with Gasteiger partial charge in [-0.25, -0.2) is 4.79 Å². The Balaban J connectivity index is 4.35. The predicted octanol–water partition coefficient (Wildman–Crippen LogP) is -0.714. The number of hydrogen-bond acceptors (Lipinski definition) is 6. The quantitative estimate of drug-likeness (QED) is 0.246. The molecule has 0 radical (unpaired) electrons. The van der Waals surface area contributed by atoms with Crippen molar-refractivity contribution in [1.82, 2.24) is 0 Å². The summed E-state index contributed by atoms with van der Waals surface area (Å²) in [5.41, 5.74) is 14.6. The van der Waals surface area contributed by atoms with Gasteiger partial charge in [-0.1, -0.05) is 0 Å². The lowest BCUT2D eigenvalue weighted by Crippen LogP contribution is -2.57. The molecular weight excluding hydrogens is 230 g/mol. The summed E-state index contributed by atoms with van der Waals surface area (Å²) in [5.74, 6) is -0.820. The van der Waals surface area contributed by atoms with Crippen molar-refractivity contribution in [3.05, 3.63) is 11.8 Å². The molecule has 7 heteroatoms. The van der Waals surface area contributed by atoms with Crippen molar-refractivity contribution >= 4 is 23.6 Å². The normalized spacial score (nSPS) is 12.4. The highest BCUT2D eigenvalue weighted by molar-refractivity contribution is 7.98. The molecule has 0 aromatic rings. The first-order chi connectivity index (χ1) is 7.31. The van der Waals surface area contributed by atoms with Gasteiger partial charge in [0.2, 0.25) is 5.91 Å². The molecule has 0 spiro atoms. The molecule has 0 bridgehead atoms. The van der Waals surface area contributed by atoms with Gasteiger partial charge in [-0.05, 0) is 25.4 Å². The Kier molecular flexibility index (Phi) is 6.09. The fourth-order valence-electron chi connectivity index (χ4n) is 0.683. The molecule has 0 unspecified atom stereocenters. The zero-order valence-corrected chi connectivity index (χ0v) is 10.2. The Morgan fingerprint density at radius 1 is 1.44 bits per heavy atom. The second kappa shape index (κ2) is 6.51. The van der Waals surface area contributed by atoms with E-state index in [2.05, 4.69) is 4.74 Å². The average molecular weight is 247 g/mol. The van der Waals surface area contributed by atoms with Crippen molar-refractivity contribution in [2.24, 2.45) is 17.2 Å². The molecule has 16 heavy (non-hydrogen) atoms. The van der Waals surface area contributed by atoms with Crippen LogP contribution < -0.4 is 17.2 Å². The van der Waals surface area contributed by atoms with Crippen LogP contribution >= 0.6 is 11.8 Å². The highest BCUT2D eigenvalue weighted by Gasteiger charge is 2.30. The number of esters is 1. The van der Waals surface area contributed by atoms with E-state index in [9.17, 15) is 9.59 Å². The lowest BCUT2D eigenvalue weighted by Gasteiger charge is -2.20. The number of nitrogens with two attached hydrogens (primary N) is 3. The number of rotatable bonds is 6. The van der Waals surface area contributed by atoms with E-state index in [4.69, 9.17) is 17.2 Å². The molecule has 6 N–H and O–H groups in total. The largest absolute Gasteiger partial charge is 0.432 e. The smallest absolute Gasteiger partial charge is 0.345 e. The molecular formula is C9H17N3O3S. The third kappa shape index (κ3) is 5.15. The lowest BCUT2D eigenvalue weighted by atomic mass is 10.1. The molecule has 0 atom stereocenters. The third-order valence-electron chi connectivity index (χ3n) is 1.83. The minimum absolute atomic E-state index is 0.119. The van der Waals surface area contributed by atoms with Crippen molar-refractivity contribution in [3.63, 3.8) is 0 Å². The molecule has 1 amide bonds. The predicted molar refractivity (Wildman–Crippen MR) is 63.1 cm³/mol. The Labute approximate surface area is 98.5 Å². The van der Waals surface area contributed by atoms with Crippen molar-refractivity contribution in [2.45, 2.75) is 19.0 Å². The summed E-state index contributed by atoms with van der Waals surface area (Å²) < 4.78 is 4.67. The Morgan fingerprint density at radius 2 is 2.00 bits per heavy atom. The highest BCUT2D eigenvalue weighted by atomic mass is 32.2. The first kappa shape index (κ1) is 14.9. The van der Waals surface area contributed by atoms with Gasteiger partial charge >= 0.3 is 5.97 Å². The number of amides is 1. The number of thioether (sulfide) groups is 1. The Morgan fingerprint density at radius 3 is 2.44 bits per heavy atom. The van der Waals surface area contributed by atoms with E-state index >= 15 is 0 Å². The lowest BCUT2D eigenvalue weighted by molar-refractivity contribution is -0.144. The van der Waals surface area contributed by atoms with E-state index in [-0.39, 0.29) is 12.0 Å². The fraction of sp³-hybridized carbons (Fsp3) is 0.556. The van der Waals surface area contributed by atoms with Crippen LogP contribution in [0.1, 0.15) is 13.3 Å². The Hall–Kier alpha value is -1.05. The fourth-order valence-corrected chi connectivity index (χ4v) is 1.22. The molecule has 0 aliphatic heterocycles. The van der Waals surface area contributed by atoms with Gasteiger partial charge in [0.15, 0.2) is 5.66 Å². The van der Waals surface area contributed by atoms with Crippen LogP contribution in [0, 0.1) is 0 Å². The highest BCUT2D eigenvalue weighted by Crippen LogP contribution is 2.07. The van der Waals surface area contributed by atoms with Crippen LogP contribution in [0.4, 0.5) is 0 Å². The molecule has 92 valence electrons. The van der Waals surface area contributed by atoms with Gasteiger partial charge in [0.25, 0.3) is 0 Å². The molecule has 0 saturated carbocycles. The molecule has 0 aromatic heterocycles. The number of ether oxygens (including phenoxy) is 1. The van der Waals surface area contributed by atoms with Gasteiger partial charge in [0, 0.05) is 5.57 Å². The van der Waals surface area contributed by atoms with Crippen LogP contribution in [0.5, 0.6) is 0 Å². The number of carbonyl (C=O) groups excluding carboxylic acids is 2. The van der Waals surface area contributed by atoms with Crippen molar-refractivity contribution in [2.75, 3.05) is 12.0 Å². The van der Waals surface area contributed by atoms with Crippen LogP contribution in [0.2, 0.25) is 0 Å². The number of primary amides is 1. The summed E-state index contributed by atoms with van der Waals surface area (Å²) in [4.78, 5) is 22.0. The van der Waals surface area contributed by atoms with Crippen LogP contribution in [0.15, 0.2) is 11.8 Å². The summed E-state index contributed by atoms with van der Waals surface area (Å²) in [5, 5.41) is 0. The van der Waals surface area contributed by atoms with Crippen LogP contribution in [0.3, 0.4) is 0 Å². The van der Waals surface area contributed by atoms with Gasteiger partial charge in [-0.3, -0.25) is 4.79 Å². The van der Waals surface area contributed by atoms with Gasteiger partial charge < -0.3 is 21.9 Å². The SMILES string of the molecule is CSCCC(N)(N)C(=O)O/C=C(\C)C(N)=O. The van der Waals surface area contributed by atoms with E-state index in [0.29, 0.717) is 5.75 Å². The minimum Gasteiger partial charge on any atom is -0.432 e. The molecule has 0 rings (SSSR count). The first-order valence-electron chi connectivity index (χ1n) is 4.55. The second-order valence-corrected chi connectivity index (χ2v) is 4.34. The monoisotopic (exact) mass is 247 g/mol. The molecule has 0 fully saturated rings. The molecule has 0 heterocycles. The molecule has 0 aromatic carbocycles. The number of carbonyl (C=O) groups is 2. The zero-order chi connectivity index (χ0) is 12.8. The van der Waals surface area contributed by atoms with Gasteiger partial charge in [0.05, 0.1) is 0 Å². The average Bonchev–Trinajstić information content (AvgIpc) is 2.22. The molecule has 0 aliphatic carbocycles. The summed E-state index contributed by atoms with van der Waals surface area (Å²) in [7, 11) is 0. The second-order valence-electron chi connectivity index (χ2n) is 3.35. The van der Waals surface area contributed by atoms with Gasteiger partial charge in [-0.2, -0.15) is 11.8 Å². The summed E-state index contributed by atoms with van der Waals surface area (Å²) in [6, 6.07) is 0. The van der Waals surface area contributed by atoms with Crippen LogP contribution in [-0.2, 0) is 14.3 Å². The Bertz CT molecular complexity index is 302. The van der Waals surface area contributed by atoms with E-state index in [1.54, 1.807) is 0 Å². The third-order valence-corrected chi connectivity index (χ3v) is 2.44. The van der Waals surface area contributed by atoms with Crippen LogP contribution in [-0.4, -0.2) is 29.5 Å². The van der Waals surface area contributed by atoms with E-state index in [0.717, 1.165) is 6.26 Å². The van der Waals surface area contributed by atoms with E-state index in [1.165, 1.54) is 18.7 Å². The first-order valence-corrected chi connectivity index (χ1v) is 5.95. The van der Waals surface area contributed by atoms with Gasteiger partial charge in [-0.15, -0.1) is 0 Å². The van der Waals surface area contributed by atoms with Crippen LogP contribution in [0.25, 0.3) is 0 Å². The maximum absolute atomic E-state index is 11.4. The summed E-state index contributed by atoms with van der Waals surface area (Å²) in [6.07, 6.45) is 3.12. The maximum Gasteiger partial charge on any atom is 0.345 e. The summed E-state index contributed by atoms with van der Waals surface area (Å²) in [6.45, 7) is 1.42. The minimum atomic E-state index is -1.54. The topological polar surface area (TPSA) is 121 Å². The molecule has 0 aliphatic rings. The van der Waals surface area contributed by atoms with Crippen molar-refractivity contribution < 1.29 is 14.3 Å². The van der Waals surface area contributed by atoms with Crippen molar-refractivity contribution in [3.8, 4) is 0 Å². The molecule has 6 nitrogen and oxygen atoms in total. The standard InChI is InChI=1S/C9H17N3O3S/c1-6(7(10)13)5-15-8(14)9(11,12)3-4-16-2/h5H,3-4,11-12H2,1-2H3,(H2,10,13)/b6-5+. The van der Waals surface area contributed by atoms with E-state index < -0.39 is 17.5 Å². The van der Waals surface area contributed by atoms with E-state index in [1.807, 2.05) is 6.26 Å². The van der Waals surface area contributed by atoms with Gasteiger partial charge in [0.1, 0.15) is 6.26 Å². The zero-order valence-electron chi connectivity index (χ0n) is 9.36. The summed E-state index contributed by atoms with van der Waals surface area (Å²) >= 11 is 1.52. The van der Waals surface area contributed by atoms with Crippen molar-refractivity contribution in [1.29, 1.82) is 0 Å². The molecule has 0 saturated heterocycles. The maximum atomic E-state index is 11.4. The number of hydrogen-bond donors (Lipinski definition) is 3.